The molecule has 1 aliphatic rings. The Hall–Kier alpha value is -1.89. The molecule has 1 N–H and O–H groups in total. The third kappa shape index (κ3) is 1.89. The summed E-state index contributed by atoms with van der Waals surface area (Å²) in [5.74, 6) is -0.454. The first-order valence-electron chi connectivity index (χ1n) is 6.49. The molecule has 1 saturated carbocycles. The zero-order valence-electron chi connectivity index (χ0n) is 11.2. The van der Waals surface area contributed by atoms with Crippen LogP contribution in [-0.2, 0) is 4.74 Å². The number of fused-ring (bicyclic) bond motifs is 1. The zero-order chi connectivity index (χ0) is 14.4. The predicted octanol–water partition coefficient (Wildman–Crippen LogP) is 1.57. The van der Waals surface area contributed by atoms with Crippen LogP contribution >= 0.6 is 11.3 Å². The van der Waals surface area contributed by atoms with E-state index in [1.165, 1.54) is 4.57 Å². The monoisotopic (exact) mass is 294 g/mol. The van der Waals surface area contributed by atoms with E-state index in [2.05, 4.69) is 4.98 Å². The lowest BCUT2D eigenvalue weighted by Gasteiger charge is -2.02. The molecule has 0 amide bonds. The molecule has 3 rings (SSSR count). The summed E-state index contributed by atoms with van der Waals surface area (Å²) < 4.78 is 6.23. The van der Waals surface area contributed by atoms with Crippen molar-refractivity contribution in [2.75, 3.05) is 6.61 Å². The average Bonchev–Trinajstić information content (AvgIpc) is 3.14. The zero-order valence-corrected chi connectivity index (χ0v) is 12.0. The minimum absolute atomic E-state index is 0.000920. The van der Waals surface area contributed by atoms with E-state index in [1.807, 2.05) is 0 Å². The summed E-state index contributed by atoms with van der Waals surface area (Å²) in [6.45, 7) is 3.71. The molecule has 2 aromatic heterocycles. The second kappa shape index (κ2) is 4.59. The molecule has 0 unspecified atom stereocenters. The third-order valence-corrected chi connectivity index (χ3v) is 4.58. The van der Waals surface area contributed by atoms with Gasteiger partial charge in [-0.1, -0.05) is 0 Å². The van der Waals surface area contributed by atoms with Crippen molar-refractivity contribution in [2.24, 2.45) is 0 Å². The topological polar surface area (TPSA) is 81.2 Å². The molecule has 0 atom stereocenters. The minimum atomic E-state index is -0.454. The Morgan fingerprint density at radius 2 is 2.15 bits per heavy atom. The molecule has 0 aliphatic heterocycles. The van der Waals surface area contributed by atoms with E-state index in [1.54, 1.807) is 13.8 Å². The fourth-order valence-electron chi connectivity index (χ4n) is 2.28. The van der Waals surface area contributed by atoms with Crippen LogP contribution in [0.15, 0.2) is 9.59 Å². The largest absolute Gasteiger partial charge is 0.462 e. The summed E-state index contributed by atoms with van der Waals surface area (Å²) in [5.41, 5.74) is -0.128. The van der Waals surface area contributed by atoms with Gasteiger partial charge in [-0.3, -0.25) is 14.3 Å². The molecule has 20 heavy (non-hydrogen) atoms. The molecule has 0 spiro atoms. The number of H-pyrrole nitrogens is 1. The second-order valence-electron chi connectivity index (χ2n) is 4.82. The minimum Gasteiger partial charge on any atom is -0.462 e. The van der Waals surface area contributed by atoms with E-state index >= 15 is 0 Å². The summed E-state index contributed by atoms with van der Waals surface area (Å²) in [4.78, 5) is 39.8. The molecule has 106 valence electrons. The smallest absolute Gasteiger partial charge is 0.348 e. The number of carbonyl (C=O) groups excluding carboxylic acids is 1. The Bertz CT molecular complexity index is 810. The summed E-state index contributed by atoms with van der Waals surface area (Å²) in [5, 5.41) is 0.421. The highest BCUT2D eigenvalue weighted by Crippen LogP contribution is 2.33. The van der Waals surface area contributed by atoms with Crippen molar-refractivity contribution in [3.8, 4) is 0 Å². The van der Waals surface area contributed by atoms with Crippen LogP contribution < -0.4 is 11.2 Å². The molecule has 0 radical (unpaired) electrons. The number of carbonyl (C=O) groups is 1. The van der Waals surface area contributed by atoms with Crippen LogP contribution in [0.4, 0.5) is 0 Å². The van der Waals surface area contributed by atoms with Crippen LogP contribution in [0.2, 0.25) is 0 Å². The lowest BCUT2D eigenvalue weighted by Crippen LogP contribution is -2.34. The highest BCUT2D eigenvalue weighted by Gasteiger charge is 2.29. The van der Waals surface area contributed by atoms with Gasteiger partial charge in [0, 0.05) is 6.04 Å². The van der Waals surface area contributed by atoms with Crippen LogP contribution in [-0.4, -0.2) is 22.1 Å². The van der Waals surface area contributed by atoms with Crippen LogP contribution in [0.1, 0.15) is 41.0 Å². The highest BCUT2D eigenvalue weighted by molar-refractivity contribution is 7.20. The van der Waals surface area contributed by atoms with Gasteiger partial charge < -0.3 is 4.74 Å². The Kier molecular flexibility index (Phi) is 3.01. The number of nitrogens with zero attached hydrogens (tertiary/aromatic N) is 1. The Labute approximate surface area is 118 Å². The van der Waals surface area contributed by atoms with Crippen molar-refractivity contribution in [2.45, 2.75) is 32.7 Å². The molecule has 1 aliphatic carbocycles. The number of esters is 1. The first kappa shape index (κ1) is 13.1. The summed E-state index contributed by atoms with van der Waals surface area (Å²) in [6, 6.07) is 0.000920. The number of hydrogen-bond donors (Lipinski definition) is 1. The van der Waals surface area contributed by atoms with Gasteiger partial charge in [-0.05, 0) is 32.3 Å². The molecule has 0 aromatic carbocycles. The quantitative estimate of drug-likeness (QED) is 0.871. The number of aromatic nitrogens is 2. The standard InChI is InChI=1S/C13H14N2O4S/c1-3-19-12(17)9-6(2)8-10(20-9)14-13(18)15(11(8)16)7-4-5-7/h7H,3-5H2,1-2H3,(H,14,18). The molecule has 2 aromatic rings. The lowest BCUT2D eigenvalue weighted by atomic mass is 10.2. The maximum Gasteiger partial charge on any atom is 0.348 e. The Morgan fingerprint density at radius 1 is 1.45 bits per heavy atom. The number of nitrogens with one attached hydrogen (secondary N) is 1. The molecule has 0 saturated heterocycles. The summed E-state index contributed by atoms with van der Waals surface area (Å²) in [7, 11) is 0. The van der Waals surface area contributed by atoms with Gasteiger partial charge in [0.15, 0.2) is 0 Å². The number of ether oxygens (including phenoxy) is 1. The fraction of sp³-hybridized carbons (Fsp3) is 0.462. The van der Waals surface area contributed by atoms with Crippen LogP contribution in [0.5, 0.6) is 0 Å². The molecule has 0 bridgehead atoms. The predicted molar refractivity (Wildman–Crippen MR) is 75.7 cm³/mol. The normalized spacial score (nSPS) is 14.7. The SMILES string of the molecule is CCOC(=O)c1sc2[nH]c(=O)n(C3CC3)c(=O)c2c1C. The van der Waals surface area contributed by atoms with Crippen molar-refractivity contribution in [3.05, 3.63) is 31.3 Å². The van der Waals surface area contributed by atoms with Gasteiger partial charge in [-0.25, -0.2) is 9.59 Å². The van der Waals surface area contributed by atoms with Gasteiger partial charge in [0.25, 0.3) is 5.56 Å². The van der Waals surface area contributed by atoms with Gasteiger partial charge in [-0.2, -0.15) is 0 Å². The van der Waals surface area contributed by atoms with E-state index in [9.17, 15) is 14.4 Å². The summed E-state index contributed by atoms with van der Waals surface area (Å²) in [6.07, 6.45) is 1.70. The first-order chi connectivity index (χ1) is 9.54. The van der Waals surface area contributed by atoms with Crippen molar-refractivity contribution in [1.29, 1.82) is 0 Å². The van der Waals surface area contributed by atoms with Crippen molar-refractivity contribution in [1.82, 2.24) is 9.55 Å². The van der Waals surface area contributed by atoms with E-state index in [4.69, 9.17) is 4.74 Å². The van der Waals surface area contributed by atoms with Gasteiger partial charge in [0.2, 0.25) is 0 Å². The molecule has 1 fully saturated rings. The van der Waals surface area contributed by atoms with E-state index in [0.29, 0.717) is 20.7 Å². The number of hydrogen-bond acceptors (Lipinski definition) is 5. The number of thiophene rings is 1. The number of aryl methyl sites for hydroxylation is 1. The average molecular weight is 294 g/mol. The fourth-order valence-corrected chi connectivity index (χ4v) is 3.37. The van der Waals surface area contributed by atoms with Gasteiger partial charge >= 0.3 is 11.7 Å². The lowest BCUT2D eigenvalue weighted by molar-refractivity contribution is 0.0531. The van der Waals surface area contributed by atoms with E-state index in [0.717, 1.165) is 24.2 Å². The second-order valence-corrected chi connectivity index (χ2v) is 5.84. The first-order valence-corrected chi connectivity index (χ1v) is 7.31. The Balaban J connectivity index is 2.27. The maximum atomic E-state index is 12.4. The number of aromatic amines is 1. The van der Waals surface area contributed by atoms with Crippen molar-refractivity contribution < 1.29 is 9.53 Å². The molecular formula is C13H14N2O4S. The van der Waals surface area contributed by atoms with Crippen molar-refractivity contribution >= 4 is 27.5 Å². The van der Waals surface area contributed by atoms with Gasteiger partial charge in [0.1, 0.15) is 9.71 Å². The molecule has 6 nitrogen and oxygen atoms in total. The third-order valence-electron chi connectivity index (χ3n) is 3.39. The highest BCUT2D eigenvalue weighted by atomic mass is 32.1. The molecule has 7 heteroatoms. The Morgan fingerprint density at radius 3 is 2.75 bits per heavy atom. The van der Waals surface area contributed by atoms with Gasteiger partial charge in [0.05, 0.1) is 12.0 Å². The van der Waals surface area contributed by atoms with Crippen LogP contribution in [0, 0.1) is 6.92 Å². The van der Waals surface area contributed by atoms with Crippen LogP contribution in [0.3, 0.4) is 0 Å². The van der Waals surface area contributed by atoms with Gasteiger partial charge in [-0.15, -0.1) is 11.3 Å². The summed E-state index contributed by atoms with van der Waals surface area (Å²) >= 11 is 1.10. The van der Waals surface area contributed by atoms with Crippen LogP contribution in [0.25, 0.3) is 10.2 Å². The van der Waals surface area contributed by atoms with E-state index < -0.39 is 11.7 Å². The maximum absolute atomic E-state index is 12.4. The number of rotatable bonds is 3. The van der Waals surface area contributed by atoms with Crippen molar-refractivity contribution in [3.63, 3.8) is 0 Å². The molecular weight excluding hydrogens is 280 g/mol. The van der Waals surface area contributed by atoms with E-state index in [-0.39, 0.29) is 18.2 Å². The molecule has 2 heterocycles.